The van der Waals surface area contributed by atoms with Crippen LogP contribution in [0.15, 0.2) is 0 Å². The van der Waals surface area contributed by atoms with Crippen LogP contribution in [-0.2, 0) is 4.79 Å². The Labute approximate surface area is 88.8 Å². The molecule has 1 rings (SSSR count). The first kappa shape index (κ1) is 11.0. The van der Waals surface area contributed by atoms with Crippen molar-refractivity contribution in [1.29, 1.82) is 0 Å². The van der Waals surface area contributed by atoms with Gasteiger partial charge in [0.2, 0.25) is 5.91 Å². The van der Waals surface area contributed by atoms with Crippen molar-refractivity contribution in [3.63, 3.8) is 0 Å². The number of rotatable bonds is 5. The Kier molecular flexibility index (Phi) is 4.78. The molecule has 76 valence electrons. The van der Waals surface area contributed by atoms with Gasteiger partial charge in [0.05, 0.1) is 0 Å². The topological polar surface area (TPSA) is 20.3 Å². The van der Waals surface area contributed by atoms with Crippen LogP contribution >= 0.6 is 15.9 Å². The fraction of sp³-hybridized carbons (Fsp3) is 0.900. The van der Waals surface area contributed by atoms with Gasteiger partial charge in [0.1, 0.15) is 0 Å². The molecule has 0 radical (unpaired) electrons. The zero-order chi connectivity index (χ0) is 9.68. The smallest absolute Gasteiger partial charge is 0.222 e. The van der Waals surface area contributed by atoms with Gasteiger partial charge in [0.15, 0.2) is 0 Å². The normalized spacial score (nSPS) is 22.8. The minimum Gasteiger partial charge on any atom is -0.342 e. The van der Waals surface area contributed by atoms with Gasteiger partial charge in [-0.15, -0.1) is 0 Å². The molecule has 1 saturated heterocycles. The lowest BCUT2D eigenvalue weighted by Crippen LogP contribution is -2.26. The third-order valence-electron chi connectivity index (χ3n) is 2.47. The first-order valence-corrected chi connectivity index (χ1v) is 6.20. The van der Waals surface area contributed by atoms with Crippen LogP contribution in [-0.4, -0.2) is 29.2 Å². The molecule has 0 N–H and O–H groups in total. The predicted octanol–water partition coefficient (Wildman–Crippen LogP) is 2.42. The summed E-state index contributed by atoms with van der Waals surface area (Å²) in [4.78, 5) is 13.4. The molecule has 1 atom stereocenters. The molecule has 1 aliphatic heterocycles. The molecule has 3 heteroatoms. The zero-order valence-electron chi connectivity index (χ0n) is 8.26. The summed E-state index contributed by atoms with van der Waals surface area (Å²) >= 11 is 3.40. The summed E-state index contributed by atoms with van der Waals surface area (Å²) in [7, 11) is 0. The number of nitrogens with zero attached hydrogens (tertiary/aromatic N) is 1. The van der Waals surface area contributed by atoms with Crippen LogP contribution in [0.5, 0.6) is 0 Å². The van der Waals surface area contributed by atoms with Crippen LogP contribution in [0.1, 0.15) is 32.6 Å². The van der Waals surface area contributed by atoms with Crippen molar-refractivity contribution < 1.29 is 4.79 Å². The van der Waals surface area contributed by atoms with Gasteiger partial charge in [-0.05, 0) is 18.8 Å². The third kappa shape index (κ3) is 3.67. The molecule has 0 saturated carbocycles. The van der Waals surface area contributed by atoms with E-state index < -0.39 is 0 Å². The van der Waals surface area contributed by atoms with Crippen LogP contribution in [0.25, 0.3) is 0 Å². The molecule has 1 unspecified atom stereocenters. The van der Waals surface area contributed by atoms with Gasteiger partial charge in [-0.1, -0.05) is 29.3 Å². The Bertz CT molecular complexity index is 172. The molecule has 0 aromatic rings. The Balaban J connectivity index is 2.11. The highest BCUT2D eigenvalue weighted by Crippen LogP contribution is 2.17. The van der Waals surface area contributed by atoms with E-state index >= 15 is 0 Å². The third-order valence-corrected chi connectivity index (χ3v) is 3.03. The van der Waals surface area contributed by atoms with Crippen LogP contribution in [0.3, 0.4) is 0 Å². The maximum absolute atomic E-state index is 11.4. The van der Waals surface area contributed by atoms with E-state index in [0.29, 0.717) is 11.8 Å². The van der Waals surface area contributed by atoms with Gasteiger partial charge in [-0.25, -0.2) is 0 Å². The fourth-order valence-electron chi connectivity index (χ4n) is 1.76. The van der Waals surface area contributed by atoms with E-state index in [1.807, 2.05) is 4.90 Å². The first-order chi connectivity index (χ1) is 6.24. The summed E-state index contributed by atoms with van der Waals surface area (Å²) < 4.78 is 0. The second-order valence-electron chi connectivity index (χ2n) is 3.90. The summed E-state index contributed by atoms with van der Waals surface area (Å²) in [5, 5.41) is 1.08. The molecule has 13 heavy (non-hydrogen) atoms. The number of alkyl halides is 1. The monoisotopic (exact) mass is 247 g/mol. The number of amides is 1. The van der Waals surface area contributed by atoms with Crippen LogP contribution < -0.4 is 0 Å². The summed E-state index contributed by atoms with van der Waals surface area (Å²) in [5.41, 5.74) is 0. The lowest BCUT2D eigenvalue weighted by molar-refractivity contribution is -0.127. The molecule has 1 fully saturated rings. The van der Waals surface area contributed by atoms with E-state index in [9.17, 15) is 4.79 Å². The van der Waals surface area contributed by atoms with Crippen molar-refractivity contribution in [2.24, 2.45) is 5.92 Å². The van der Waals surface area contributed by atoms with E-state index in [-0.39, 0.29) is 0 Å². The Morgan fingerprint density at radius 2 is 2.23 bits per heavy atom. The minimum absolute atomic E-state index is 0.353. The largest absolute Gasteiger partial charge is 0.342 e. The lowest BCUT2D eigenvalue weighted by atomic mass is 10.2. The highest BCUT2D eigenvalue weighted by molar-refractivity contribution is 9.09. The fourth-order valence-corrected chi connectivity index (χ4v) is 2.16. The molecular formula is C10H18BrNO. The Morgan fingerprint density at radius 3 is 2.77 bits per heavy atom. The lowest BCUT2D eigenvalue weighted by Gasteiger charge is -2.15. The molecule has 1 amide bonds. The van der Waals surface area contributed by atoms with Gasteiger partial charge in [-0.2, -0.15) is 0 Å². The molecule has 0 aromatic carbocycles. The summed E-state index contributed by atoms with van der Waals surface area (Å²) in [6.07, 6.45) is 4.36. The van der Waals surface area contributed by atoms with Crippen molar-refractivity contribution >= 4 is 21.8 Å². The van der Waals surface area contributed by atoms with Gasteiger partial charge in [-0.3, -0.25) is 4.79 Å². The van der Waals surface area contributed by atoms with E-state index in [4.69, 9.17) is 0 Å². The molecule has 0 aromatic heterocycles. The molecule has 1 aliphatic rings. The van der Waals surface area contributed by atoms with Crippen LogP contribution in [0, 0.1) is 5.92 Å². The number of halogens is 1. The van der Waals surface area contributed by atoms with Gasteiger partial charge in [0, 0.05) is 24.8 Å². The predicted molar refractivity (Wildman–Crippen MR) is 58.0 cm³/mol. The molecule has 1 heterocycles. The average molecular weight is 248 g/mol. The molecular weight excluding hydrogens is 230 g/mol. The molecule has 0 aliphatic carbocycles. The van der Waals surface area contributed by atoms with E-state index in [1.165, 1.54) is 12.8 Å². The average Bonchev–Trinajstić information content (AvgIpc) is 2.39. The molecule has 2 nitrogen and oxygen atoms in total. The van der Waals surface area contributed by atoms with Gasteiger partial charge >= 0.3 is 0 Å². The SMILES string of the molecule is CC1CC(=O)N(CCCCCBr)C1. The number of carbonyl (C=O) groups is 1. The van der Waals surface area contributed by atoms with E-state index in [1.54, 1.807) is 0 Å². The van der Waals surface area contributed by atoms with Gasteiger partial charge < -0.3 is 4.90 Å². The maximum Gasteiger partial charge on any atom is 0.222 e. The Morgan fingerprint density at radius 1 is 1.46 bits per heavy atom. The van der Waals surface area contributed by atoms with Crippen molar-refractivity contribution in [2.75, 3.05) is 18.4 Å². The van der Waals surface area contributed by atoms with Crippen molar-refractivity contribution in [3.8, 4) is 0 Å². The van der Waals surface area contributed by atoms with Crippen molar-refractivity contribution in [1.82, 2.24) is 4.90 Å². The Hall–Kier alpha value is -0.0500. The minimum atomic E-state index is 0.353. The van der Waals surface area contributed by atoms with E-state index in [2.05, 4.69) is 22.9 Å². The van der Waals surface area contributed by atoms with Crippen molar-refractivity contribution in [2.45, 2.75) is 32.6 Å². The highest BCUT2D eigenvalue weighted by Gasteiger charge is 2.25. The van der Waals surface area contributed by atoms with Crippen LogP contribution in [0.2, 0.25) is 0 Å². The summed E-state index contributed by atoms with van der Waals surface area (Å²) in [5.74, 6) is 0.926. The van der Waals surface area contributed by atoms with Crippen LogP contribution in [0.4, 0.5) is 0 Å². The second kappa shape index (κ2) is 5.63. The van der Waals surface area contributed by atoms with E-state index in [0.717, 1.165) is 31.3 Å². The number of hydrogen-bond acceptors (Lipinski definition) is 1. The standard InChI is InChI=1S/C10H18BrNO/c1-9-7-10(13)12(8-9)6-4-2-3-5-11/h9H,2-8H2,1H3. The second-order valence-corrected chi connectivity index (χ2v) is 4.69. The summed E-state index contributed by atoms with van der Waals surface area (Å²) in [6.45, 7) is 4.10. The highest BCUT2D eigenvalue weighted by atomic mass is 79.9. The number of likely N-dealkylation sites (tertiary alicyclic amines) is 1. The molecule has 0 spiro atoms. The molecule has 0 bridgehead atoms. The van der Waals surface area contributed by atoms with Gasteiger partial charge in [0.25, 0.3) is 0 Å². The number of unbranched alkanes of at least 4 members (excludes halogenated alkanes) is 2. The summed E-state index contributed by atoms with van der Waals surface area (Å²) in [6, 6.07) is 0. The quantitative estimate of drug-likeness (QED) is 0.540. The number of hydrogen-bond donors (Lipinski definition) is 0. The number of carbonyl (C=O) groups excluding carboxylic acids is 1. The first-order valence-electron chi connectivity index (χ1n) is 5.07. The van der Waals surface area contributed by atoms with Crippen molar-refractivity contribution in [3.05, 3.63) is 0 Å². The zero-order valence-corrected chi connectivity index (χ0v) is 9.85. The maximum atomic E-state index is 11.4.